The van der Waals surface area contributed by atoms with Crippen molar-refractivity contribution in [2.45, 2.75) is 38.1 Å². The molecule has 3 rings (SSSR count). The molecule has 2 amide bonds. The largest absolute Gasteiger partial charge is 0.381 e. The summed E-state index contributed by atoms with van der Waals surface area (Å²) in [6.45, 7) is 2.52. The molecule has 6 nitrogen and oxygen atoms in total. The van der Waals surface area contributed by atoms with Crippen molar-refractivity contribution in [2.24, 2.45) is 5.92 Å². The molecule has 1 saturated carbocycles. The number of nitrogens with one attached hydrogen (secondary N) is 2. The molecule has 1 atom stereocenters. The smallest absolute Gasteiger partial charge is 0.317 e. The summed E-state index contributed by atoms with van der Waals surface area (Å²) in [6, 6.07) is 4.61. The van der Waals surface area contributed by atoms with Crippen molar-refractivity contribution in [3.63, 3.8) is 0 Å². The fourth-order valence-electron chi connectivity index (χ4n) is 3.08. The van der Waals surface area contributed by atoms with Gasteiger partial charge in [0.2, 0.25) is 0 Å². The molecule has 2 aliphatic rings. The van der Waals surface area contributed by atoms with Gasteiger partial charge < -0.3 is 20.4 Å². The first-order chi connectivity index (χ1) is 11.6. The summed E-state index contributed by atoms with van der Waals surface area (Å²) >= 11 is 0. The second-order valence-corrected chi connectivity index (χ2v) is 7.19. The summed E-state index contributed by atoms with van der Waals surface area (Å²) < 4.78 is 0. The van der Waals surface area contributed by atoms with E-state index in [0.717, 1.165) is 56.3 Å². The lowest BCUT2D eigenvalue weighted by molar-refractivity contribution is 0.199. The van der Waals surface area contributed by atoms with Crippen LogP contribution in [0.1, 0.15) is 32.1 Å². The molecule has 1 aliphatic carbocycles. The molecule has 1 aromatic heterocycles. The summed E-state index contributed by atoms with van der Waals surface area (Å²) in [7, 11) is 3.98. The lowest BCUT2D eigenvalue weighted by Gasteiger charge is -2.21. The molecule has 0 unspecified atom stereocenters. The second-order valence-electron chi connectivity index (χ2n) is 7.19. The second kappa shape index (κ2) is 7.73. The Labute approximate surface area is 144 Å². The van der Waals surface area contributed by atoms with E-state index in [4.69, 9.17) is 0 Å². The number of likely N-dealkylation sites (tertiary alicyclic amines) is 1. The number of hydrogen-bond acceptors (Lipinski definition) is 4. The number of carbonyl (C=O) groups excluding carboxylic acids is 1. The van der Waals surface area contributed by atoms with Crippen molar-refractivity contribution in [3.8, 4) is 0 Å². The van der Waals surface area contributed by atoms with Gasteiger partial charge in [0.15, 0.2) is 0 Å². The van der Waals surface area contributed by atoms with Gasteiger partial charge >= 0.3 is 6.03 Å². The predicted octanol–water partition coefficient (Wildman–Crippen LogP) is 2.53. The highest BCUT2D eigenvalue weighted by molar-refractivity contribution is 5.74. The molecule has 0 radical (unpaired) electrons. The standard InChI is InChI=1S/C18H29N5O/c1-22(2)17-8-7-16(13-19-17)21-15-4-3-10-23(11-9-15)18(24)20-12-14-5-6-14/h7-8,13-15,21H,3-6,9-12H2,1-2H3,(H,20,24)/t15-/m0/s1. The van der Waals surface area contributed by atoms with Crippen LogP contribution in [0.15, 0.2) is 18.3 Å². The highest BCUT2D eigenvalue weighted by Gasteiger charge is 2.24. The van der Waals surface area contributed by atoms with Crippen LogP contribution in [0.3, 0.4) is 0 Å². The van der Waals surface area contributed by atoms with E-state index in [9.17, 15) is 4.79 Å². The van der Waals surface area contributed by atoms with E-state index in [1.165, 1.54) is 12.8 Å². The molecule has 24 heavy (non-hydrogen) atoms. The maximum absolute atomic E-state index is 12.2. The minimum Gasteiger partial charge on any atom is -0.381 e. The summed E-state index contributed by atoms with van der Waals surface area (Å²) in [5.41, 5.74) is 1.05. The van der Waals surface area contributed by atoms with Gasteiger partial charge in [0.25, 0.3) is 0 Å². The molecule has 132 valence electrons. The Balaban J connectivity index is 1.46. The molecule has 0 aromatic carbocycles. The SMILES string of the molecule is CN(C)c1ccc(N[C@H]2CCCN(C(=O)NCC3CC3)CC2)cn1. The van der Waals surface area contributed by atoms with Crippen LogP contribution in [-0.2, 0) is 0 Å². The zero-order chi connectivity index (χ0) is 16.9. The number of anilines is 2. The van der Waals surface area contributed by atoms with E-state index in [2.05, 4.69) is 21.7 Å². The summed E-state index contributed by atoms with van der Waals surface area (Å²) in [5, 5.41) is 6.64. The molecule has 2 heterocycles. The molecule has 2 fully saturated rings. The number of amides is 2. The van der Waals surface area contributed by atoms with E-state index in [0.29, 0.717) is 6.04 Å². The van der Waals surface area contributed by atoms with Crippen LogP contribution in [0.4, 0.5) is 16.3 Å². The van der Waals surface area contributed by atoms with Gasteiger partial charge in [-0.1, -0.05) is 0 Å². The summed E-state index contributed by atoms with van der Waals surface area (Å²) in [4.78, 5) is 20.6. The quantitative estimate of drug-likeness (QED) is 0.870. The highest BCUT2D eigenvalue weighted by Crippen LogP contribution is 2.27. The Morgan fingerprint density at radius 1 is 1.25 bits per heavy atom. The molecule has 6 heteroatoms. The molecule has 0 bridgehead atoms. The van der Waals surface area contributed by atoms with Gasteiger partial charge in [0, 0.05) is 39.8 Å². The monoisotopic (exact) mass is 331 g/mol. The van der Waals surface area contributed by atoms with Gasteiger partial charge in [0.1, 0.15) is 5.82 Å². The number of hydrogen-bond donors (Lipinski definition) is 2. The zero-order valence-corrected chi connectivity index (χ0v) is 14.8. The molecule has 0 spiro atoms. The molecule has 2 N–H and O–H groups in total. The third kappa shape index (κ3) is 4.76. The summed E-state index contributed by atoms with van der Waals surface area (Å²) in [5.74, 6) is 1.69. The van der Waals surface area contributed by atoms with Gasteiger partial charge in [-0.2, -0.15) is 0 Å². The van der Waals surface area contributed by atoms with Gasteiger partial charge in [-0.3, -0.25) is 0 Å². The number of aromatic nitrogens is 1. The Hall–Kier alpha value is -1.98. The van der Waals surface area contributed by atoms with E-state index in [-0.39, 0.29) is 6.03 Å². The molecular formula is C18H29N5O. The molecule has 1 saturated heterocycles. The highest BCUT2D eigenvalue weighted by atomic mass is 16.2. The van der Waals surface area contributed by atoms with Gasteiger partial charge in [-0.25, -0.2) is 9.78 Å². The van der Waals surface area contributed by atoms with Crippen molar-refractivity contribution in [1.82, 2.24) is 15.2 Å². The minimum atomic E-state index is 0.111. The van der Waals surface area contributed by atoms with Crippen LogP contribution in [0, 0.1) is 5.92 Å². The summed E-state index contributed by atoms with van der Waals surface area (Å²) in [6.07, 6.45) is 7.53. The number of rotatable bonds is 5. The van der Waals surface area contributed by atoms with Crippen LogP contribution in [0.2, 0.25) is 0 Å². The van der Waals surface area contributed by atoms with E-state index >= 15 is 0 Å². The maximum atomic E-state index is 12.2. The predicted molar refractivity (Wildman–Crippen MR) is 97.5 cm³/mol. The first kappa shape index (κ1) is 16.9. The molecule has 1 aromatic rings. The van der Waals surface area contributed by atoms with Crippen LogP contribution in [0.5, 0.6) is 0 Å². The minimum absolute atomic E-state index is 0.111. The van der Waals surface area contributed by atoms with Crippen molar-refractivity contribution >= 4 is 17.5 Å². The number of nitrogens with zero attached hydrogens (tertiary/aromatic N) is 3. The van der Waals surface area contributed by atoms with Crippen LogP contribution in [-0.4, -0.2) is 55.7 Å². The van der Waals surface area contributed by atoms with Crippen LogP contribution >= 0.6 is 0 Å². The topological polar surface area (TPSA) is 60.5 Å². The first-order valence-corrected chi connectivity index (χ1v) is 9.04. The van der Waals surface area contributed by atoms with Gasteiger partial charge in [-0.15, -0.1) is 0 Å². The Kier molecular flexibility index (Phi) is 5.43. The van der Waals surface area contributed by atoms with Gasteiger partial charge in [-0.05, 0) is 50.2 Å². The van der Waals surface area contributed by atoms with Crippen molar-refractivity contribution in [3.05, 3.63) is 18.3 Å². The molecule has 1 aliphatic heterocycles. The van der Waals surface area contributed by atoms with Crippen molar-refractivity contribution in [2.75, 3.05) is 43.9 Å². The average Bonchev–Trinajstić information content (AvgIpc) is 3.41. The Bertz CT molecular complexity index is 541. The first-order valence-electron chi connectivity index (χ1n) is 9.04. The lowest BCUT2D eigenvalue weighted by Crippen LogP contribution is -2.41. The van der Waals surface area contributed by atoms with Crippen LogP contribution < -0.4 is 15.5 Å². The number of pyridine rings is 1. The average molecular weight is 331 g/mol. The van der Waals surface area contributed by atoms with Gasteiger partial charge in [0.05, 0.1) is 11.9 Å². The number of urea groups is 1. The fraction of sp³-hybridized carbons (Fsp3) is 0.667. The normalized spacial score (nSPS) is 21.1. The van der Waals surface area contributed by atoms with Crippen molar-refractivity contribution < 1.29 is 4.79 Å². The maximum Gasteiger partial charge on any atom is 0.317 e. The van der Waals surface area contributed by atoms with E-state index in [1.807, 2.05) is 36.2 Å². The van der Waals surface area contributed by atoms with E-state index < -0.39 is 0 Å². The third-order valence-corrected chi connectivity index (χ3v) is 4.83. The molecular weight excluding hydrogens is 302 g/mol. The van der Waals surface area contributed by atoms with Crippen molar-refractivity contribution in [1.29, 1.82) is 0 Å². The number of carbonyl (C=O) groups is 1. The zero-order valence-electron chi connectivity index (χ0n) is 14.8. The van der Waals surface area contributed by atoms with Crippen LogP contribution in [0.25, 0.3) is 0 Å². The van der Waals surface area contributed by atoms with E-state index in [1.54, 1.807) is 0 Å². The third-order valence-electron chi connectivity index (χ3n) is 4.83. The fourth-order valence-corrected chi connectivity index (χ4v) is 3.08. The Morgan fingerprint density at radius 2 is 2.08 bits per heavy atom. The lowest BCUT2D eigenvalue weighted by atomic mass is 10.1. The Morgan fingerprint density at radius 3 is 2.75 bits per heavy atom.